The number of hydrogen-bond donors (Lipinski definition) is 2. The molecule has 3 nitrogen and oxygen atoms in total. The molecule has 0 aliphatic carbocycles. The molecular formula is C22H19F3N2O. The van der Waals surface area contributed by atoms with E-state index in [0.717, 1.165) is 0 Å². The summed E-state index contributed by atoms with van der Waals surface area (Å²) in [5.74, 6) is -2.47. The molecule has 3 aromatic rings. The van der Waals surface area contributed by atoms with Crippen LogP contribution in [0.5, 0.6) is 0 Å². The van der Waals surface area contributed by atoms with Crippen molar-refractivity contribution in [3.05, 3.63) is 101 Å². The third-order valence-electron chi connectivity index (χ3n) is 4.65. The molecule has 1 atom stereocenters. The zero-order valence-corrected chi connectivity index (χ0v) is 15.1. The molecule has 0 radical (unpaired) electrons. The average Bonchev–Trinajstić information content (AvgIpc) is 2.68. The third-order valence-corrected chi connectivity index (χ3v) is 4.65. The Kier molecular flexibility index (Phi) is 5.80. The number of nitrogens with two attached hydrogens (primary N) is 1. The van der Waals surface area contributed by atoms with Crippen molar-refractivity contribution in [1.82, 2.24) is 0 Å². The zero-order chi connectivity index (χ0) is 20.3. The van der Waals surface area contributed by atoms with E-state index in [9.17, 15) is 18.0 Å². The van der Waals surface area contributed by atoms with Crippen LogP contribution in [0.3, 0.4) is 0 Å². The van der Waals surface area contributed by atoms with E-state index in [1.165, 1.54) is 60.7 Å². The standard InChI is InChI=1S/C22H19F3N2O/c1-13-18(25)3-2-4-19(13)27-22(28)21(26)20(14-5-9-16(23)10-6-14)15-7-11-17(24)12-8-15/h2-12,20-21H,26H2,1H3,(H,27,28)/t21-/m0/s1. The van der Waals surface area contributed by atoms with E-state index in [1.807, 2.05) is 0 Å². The van der Waals surface area contributed by atoms with Crippen molar-refractivity contribution >= 4 is 11.6 Å². The monoisotopic (exact) mass is 384 g/mol. The Bertz CT molecular complexity index is 927. The molecule has 3 aromatic carbocycles. The van der Waals surface area contributed by atoms with Crippen LogP contribution in [0.15, 0.2) is 66.7 Å². The van der Waals surface area contributed by atoms with E-state index in [0.29, 0.717) is 22.4 Å². The molecule has 0 heterocycles. The van der Waals surface area contributed by atoms with Gasteiger partial charge in [0.2, 0.25) is 5.91 Å². The first-order valence-electron chi connectivity index (χ1n) is 8.69. The Morgan fingerprint density at radius 1 is 0.857 bits per heavy atom. The lowest BCUT2D eigenvalue weighted by Crippen LogP contribution is -2.41. The van der Waals surface area contributed by atoms with Crippen molar-refractivity contribution in [2.24, 2.45) is 5.73 Å². The lowest BCUT2D eigenvalue weighted by atomic mass is 9.85. The van der Waals surface area contributed by atoms with Gasteiger partial charge in [0.1, 0.15) is 17.5 Å². The average molecular weight is 384 g/mol. The highest BCUT2D eigenvalue weighted by atomic mass is 19.1. The summed E-state index contributed by atoms with van der Waals surface area (Å²) >= 11 is 0. The van der Waals surface area contributed by atoms with Gasteiger partial charge >= 0.3 is 0 Å². The molecule has 144 valence electrons. The SMILES string of the molecule is Cc1c(F)cccc1NC(=O)[C@@H](N)C(c1ccc(F)cc1)c1ccc(F)cc1. The number of halogens is 3. The molecule has 0 fully saturated rings. The fourth-order valence-electron chi connectivity index (χ4n) is 3.06. The van der Waals surface area contributed by atoms with Crippen LogP contribution in [0.2, 0.25) is 0 Å². The summed E-state index contributed by atoms with van der Waals surface area (Å²) in [7, 11) is 0. The number of carbonyl (C=O) groups excluding carboxylic acids is 1. The molecule has 6 heteroatoms. The molecule has 28 heavy (non-hydrogen) atoms. The van der Waals surface area contributed by atoms with E-state index in [2.05, 4.69) is 5.32 Å². The van der Waals surface area contributed by atoms with Crippen LogP contribution in [-0.4, -0.2) is 11.9 Å². The molecule has 0 spiro atoms. The van der Waals surface area contributed by atoms with E-state index in [-0.39, 0.29) is 0 Å². The number of anilines is 1. The minimum absolute atomic E-state index is 0.295. The highest BCUT2D eigenvalue weighted by molar-refractivity contribution is 5.96. The first-order valence-corrected chi connectivity index (χ1v) is 8.69. The summed E-state index contributed by atoms with van der Waals surface area (Å²) in [6.07, 6.45) is 0. The summed E-state index contributed by atoms with van der Waals surface area (Å²) < 4.78 is 40.4. The van der Waals surface area contributed by atoms with Gasteiger partial charge in [0.25, 0.3) is 0 Å². The van der Waals surface area contributed by atoms with Crippen LogP contribution in [0, 0.1) is 24.4 Å². The minimum Gasteiger partial charge on any atom is -0.324 e. The van der Waals surface area contributed by atoms with Gasteiger partial charge in [-0.2, -0.15) is 0 Å². The van der Waals surface area contributed by atoms with Gasteiger partial charge in [0.05, 0.1) is 6.04 Å². The van der Waals surface area contributed by atoms with Crippen molar-refractivity contribution in [2.75, 3.05) is 5.32 Å². The quantitative estimate of drug-likeness (QED) is 0.680. The van der Waals surface area contributed by atoms with Gasteiger partial charge in [0.15, 0.2) is 0 Å². The van der Waals surface area contributed by atoms with Crippen LogP contribution >= 0.6 is 0 Å². The van der Waals surface area contributed by atoms with Gasteiger partial charge in [-0.3, -0.25) is 4.79 Å². The lowest BCUT2D eigenvalue weighted by molar-refractivity contribution is -0.117. The molecule has 0 bridgehead atoms. The molecule has 0 aliphatic rings. The summed E-state index contributed by atoms with van der Waals surface area (Å²) in [6.45, 7) is 1.55. The Morgan fingerprint density at radius 2 is 1.36 bits per heavy atom. The maximum absolute atomic E-state index is 13.7. The second kappa shape index (κ2) is 8.27. The summed E-state index contributed by atoms with van der Waals surface area (Å²) in [4.78, 5) is 12.8. The normalized spacial score (nSPS) is 12.1. The molecule has 0 aliphatic heterocycles. The van der Waals surface area contributed by atoms with Crippen molar-refractivity contribution in [3.63, 3.8) is 0 Å². The Hall–Kier alpha value is -3.12. The van der Waals surface area contributed by atoms with Gasteiger partial charge in [0, 0.05) is 17.2 Å². The molecule has 0 saturated heterocycles. The van der Waals surface area contributed by atoms with Crippen molar-refractivity contribution in [3.8, 4) is 0 Å². The van der Waals surface area contributed by atoms with Gasteiger partial charge in [-0.1, -0.05) is 30.3 Å². The summed E-state index contributed by atoms with van der Waals surface area (Å²) in [5.41, 5.74) is 8.06. The number of hydrogen-bond acceptors (Lipinski definition) is 2. The molecule has 1 amide bonds. The molecule has 3 N–H and O–H groups in total. The highest BCUT2D eigenvalue weighted by Gasteiger charge is 2.28. The van der Waals surface area contributed by atoms with Crippen molar-refractivity contribution < 1.29 is 18.0 Å². The minimum atomic E-state index is -1.07. The van der Waals surface area contributed by atoms with Crippen LogP contribution in [0.4, 0.5) is 18.9 Å². The van der Waals surface area contributed by atoms with Crippen LogP contribution in [-0.2, 0) is 4.79 Å². The summed E-state index contributed by atoms with van der Waals surface area (Å²) in [6, 6.07) is 14.5. The van der Waals surface area contributed by atoms with E-state index in [1.54, 1.807) is 13.0 Å². The van der Waals surface area contributed by atoms with Crippen LogP contribution in [0.25, 0.3) is 0 Å². The van der Waals surface area contributed by atoms with Crippen LogP contribution in [0.1, 0.15) is 22.6 Å². The molecular weight excluding hydrogens is 365 g/mol. The second-order valence-electron chi connectivity index (χ2n) is 6.51. The van der Waals surface area contributed by atoms with E-state index >= 15 is 0 Å². The number of amides is 1. The van der Waals surface area contributed by atoms with Crippen LogP contribution < -0.4 is 11.1 Å². The third kappa shape index (κ3) is 4.23. The zero-order valence-electron chi connectivity index (χ0n) is 15.1. The predicted octanol–water partition coefficient (Wildman–Crippen LogP) is 4.51. The van der Waals surface area contributed by atoms with Gasteiger partial charge < -0.3 is 11.1 Å². The summed E-state index contributed by atoms with van der Waals surface area (Å²) in [5, 5.41) is 2.64. The molecule has 0 aromatic heterocycles. The predicted molar refractivity (Wildman–Crippen MR) is 102 cm³/mol. The fourth-order valence-corrected chi connectivity index (χ4v) is 3.06. The van der Waals surface area contributed by atoms with E-state index in [4.69, 9.17) is 5.73 Å². The van der Waals surface area contributed by atoms with Gasteiger partial charge in [-0.15, -0.1) is 0 Å². The second-order valence-corrected chi connectivity index (χ2v) is 6.51. The lowest BCUT2D eigenvalue weighted by Gasteiger charge is -2.25. The Labute approximate surface area is 161 Å². The molecule has 3 rings (SSSR count). The van der Waals surface area contributed by atoms with Crippen molar-refractivity contribution in [2.45, 2.75) is 18.9 Å². The van der Waals surface area contributed by atoms with E-state index < -0.39 is 35.3 Å². The maximum atomic E-state index is 13.7. The Morgan fingerprint density at radius 3 is 1.86 bits per heavy atom. The largest absolute Gasteiger partial charge is 0.324 e. The smallest absolute Gasteiger partial charge is 0.242 e. The fraction of sp³-hybridized carbons (Fsp3) is 0.136. The topological polar surface area (TPSA) is 55.1 Å². The maximum Gasteiger partial charge on any atom is 0.242 e. The number of nitrogens with one attached hydrogen (secondary N) is 1. The highest BCUT2D eigenvalue weighted by Crippen LogP contribution is 2.29. The first kappa shape index (κ1) is 19.6. The van der Waals surface area contributed by atoms with Gasteiger partial charge in [-0.25, -0.2) is 13.2 Å². The Balaban J connectivity index is 1.94. The van der Waals surface area contributed by atoms with Gasteiger partial charge in [-0.05, 0) is 54.4 Å². The van der Waals surface area contributed by atoms with Crippen molar-refractivity contribution in [1.29, 1.82) is 0 Å². The molecule has 0 saturated carbocycles. The first-order chi connectivity index (χ1) is 13.4. The molecule has 0 unspecified atom stereocenters. The number of carbonyl (C=O) groups is 1. The number of benzene rings is 3. The number of rotatable bonds is 5.